The van der Waals surface area contributed by atoms with E-state index in [-0.39, 0.29) is 0 Å². The summed E-state index contributed by atoms with van der Waals surface area (Å²) >= 11 is 0. The highest BCUT2D eigenvalue weighted by molar-refractivity contribution is 5.61. The van der Waals surface area contributed by atoms with Gasteiger partial charge in [0.05, 0.1) is 0 Å². The van der Waals surface area contributed by atoms with Gasteiger partial charge in [-0.1, -0.05) is 25.3 Å². The normalized spacial score (nSPS) is 13.4. The summed E-state index contributed by atoms with van der Waals surface area (Å²) in [7, 11) is 0. The third-order valence-electron chi connectivity index (χ3n) is 1.98. The van der Waals surface area contributed by atoms with Gasteiger partial charge in [-0.25, -0.2) is 0 Å². The molecule has 0 bridgehead atoms. The number of furan rings is 1. The SMILES string of the molecule is C=Cc1oc(=C/C)/c(=C\C)c1C=C. The molecule has 0 unspecified atom stereocenters. The van der Waals surface area contributed by atoms with Crippen LogP contribution in [0.2, 0.25) is 0 Å². The van der Waals surface area contributed by atoms with E-state index in [0.29, 0.717) is 0 Å². The van der Waals surface area contributed by atoms with E-state index in [4.69, 9.17) is 4.42 Å². The second-order valence-corrected chi connectivity index (χ2v) is 2.64. The molecule has 1 heterocycles. The van der Waals surface area contributed by atoms with Gasteiger partial charge < -0.3 is 4.42 Å². The van der Waals surface area contributed by atoms with Crippen LogP contribution in [0.15, 0.2) is 17.6 Å². The van der Waals surface area contributed by atoms with Gasteiger partial charge in [0, 0.05) is 10.8 Å². The molecule has 13 heavy (non-hydrogen) atoms. The van der Waals surface area contributed by atoms with Crippen LogP contribution in [0, 0.1) is 0 Å². The van der Waals surface area contributed by atoms with E-state index in [1.165, 1.54) is 0 Å². The van der Waals surface area contributed by atoms with Gasteiger partial charge in [-0.05, 0) is 26.0 Å². The standard InChI is InChI=1S/C12H14O/c1-5-9-10(6-2)12(8-4)13-11(9)7-3/h5-8H,1,3H2,2,4H3/b10-6-,12-8+. The highest BCUT2D eigenvalue weighted by Gasteiger charge is 2.03. The van der Waals surface area contributed by atoms with Gasteiger partial charge in [0.25, 0.3) is 0 Å². The molecule has 0 N–H and O–H groups in total. The van der Waals surface area contributed by atoms with Crippen molar-refractivity contribution >= 4 is 24.3 Å². The fourth-order valence-corrected chi connectivity index (χ4v) is 1.37. The van der Waals surface area contributed by atoms with Gasteiger partial charge in [0.15, 0.2) is 0 Å². The number of hydrogen-bond donors (Lipinski definition) is 0. The largest absolute Gasteiger partial charge is 0.456 e. The summed E-state index contributed by atoms with van der Waals surface area (Å²) in [5.74, 6) is 0.788. The Kier molecular flexibility index (Phi) is 2.91. The van der Waals surface area contributed by atoms with Crippen molar-refractivity contribution in [2.24, 2.45) is 0 Å². The van der Waals surface area contributed by atoms with E-state index in [0.717, 1.165) is 22.0 Å². The monoisotopic (exact) mass is 174 g/mol. The molecule has 0 saturated carbocycles. The Bertz CT molecular complexity index is 432. The van der Waals surface area contributed by atoms with Gasteiger partial charge >= 0.3 is 0 Å². The molecule has 1 aromatic heterocycles. The summed E-state index contributed by atoms with van der Waals surface area (Å²) in [5.41, 5.74) is 1.90. The molecule has 0 aromatic carbocycles. The highest BCUT2D eigenvalue weighted by Crippen LogP contribution is 2.04. The first-order chi connectivity index (χ1) is 6.28. The minimum atomic E-state index is 0.788. The van der Waals surface area contributed by atoms with Crippen molar-refractivity contribution in [2.45, 2.75) is 13.8 Å². The smallest absolute Gasteiger partial charge is 0.134 e. The molecule has 0 saturated heterocycles. The predicted molar refractivity (Wildman–Crippen MR) is 58.4 cm³/mol. The molecule has 0 aliphatic rings. The first-order valence-electron chi connectivity index (χ1n) is 4.28. The van der Waals surface area contributed by atoms with Crippen LogP contribution >= 0.6 is 0 Å². The van der Waals surface area contributed by atoms with Crippen LogP contribution in [0.3, 0.4) is 0 Å². The molecular formula is C12H14O. The maximum Gasteiger partial charge on any atom is 0.134 e. The first kappa shape index (κ1) is 9.59. The van der Waals surface area contributed by atoms with Crippen LogP contribution in [0.1, 0.15) is 25.2 Å². The molecule has 0 aliphatic carbocycles. The van der Waals surface area contributed by atoms with Crippen molar-refractivity contribution in [3.05, 3.63) is 35.1 Å². The topological polar surface area (TPSA) is 13.1 Å². The molecule has 0 atom stereocenters. The van der Waals surface area contributed by atoms with E-state index in [2.05, 4.69) is 13.2 Å². The molecule has 1 nitrogen and oxygen atoms in total. The highest BCUT2D eigenvalue weighted by atomic mass is 16.3. The van der Waals surface area contributed by atoms with Crippen molar-refractivity contribution in [3.63, 3.8) is 0 Å². The third kappa shape index (κ3) is 1.50. The molecule has 1 heteroatoms. The Morgan fingerprint density at radius 1 is 1.08 bits per heavy atom. The lowest BCUT2D eigenvalue weighted by Gasteiger charge is -1.85. The fraction of sp³-hybridized carbons (Fsp3) is 0.167. The minimum Gasteiger partial charge on any atom is -0.456 e. The van der Waals surface area contributed by atoms with E-state index in [9.17, 15) is 0 Å². The maximum atomic E-state index is 5.55. The molecule has 0 amide bonds. The summed E-state index contributed by atoms with van der Waals surface area (Å²) in [6.45, 7) is 11.4. The average Bonchev–Trinajstić information content (AvgIpc) is 2.54. The number of hydrogen-bond acceptors (Lipinski definition) is 1. The van der Waals surface area contributed by atoms with E-state index in [1.54, 1.807) is 12.2 Å². The van der Waals surface area contributed by atoms with Gasteiger partial charge in [0.2, 0.25) is 0 Å². The molecule has 68 valence electrons. The van der Waals surface area contributed by atoms with Gasteiger partial charge in [-0.2, -0.15) is 0 Å². The first-order valence-corrected chi connectivity index (χ1v) is 4.28. The number of rotatable bonds is 2. The van der Waals surface area contributed by atoms with E-state index in [1.807, 2.05) is 26.0 Å². The lowest BCUT2D eigenvalue weighted by molar-refractivity contribution is 0.521. The van der Waals surface area contributed by atoms with Crippen molar-refractivity contribution < 1.29 is 4.42 Å². The van der Waals surface area contributed by atoms with Crippen molar-refractivity contribution in [1.29, 1.82) is 0 Å². The van der Waals surface area contributed by atoms with Crippen LogP contribution in [0.25, 0.3) is 24.3 Å². The van der Waals surface area contributed by atoms with Crippen molar-refractivity contribution in [2.75, 3.05) is 0 Å². The third-order valence-corrected chi connectivity index (χ3v) is 1.98. The predicted octanol–water partition coefficient (Wildman–Crippen LogP) is 2.17. The Morgan fingerprint density at radius 2 is 1.77 bits per heavy atom. The molecule has 0 spiro atoms. The second kappa shape index (κ2) is 3.94. The van der Waals surface area contributed by atoms with Crippen LogP contribution in [-0.4, -0.2) is 0 Å². The second-order valence-electron chi connectivity index (χ2n) is 2.64. The Labute approximate surface area is 78.4 Å². The van der Waals surface area contributed by atoms with Crippen molar-refractivity contribution in [3.8, 4) is 0 Å². The van der Waals surface area contributed by atoms with Crippen molar-refractivity contribution in [1.82, 2.24) is 0 Å². The summed E-state index contributed by atoms with van der Waals surface area (Å²) in [6.07, 6.45) is 7.46. The zero-order valence-corrected chi connectivity index (χ0v) is 8.13. The Hall–Kier alpha value is -1.50. The Morgan fingerprint density at radius 3 is 2.15 bits per heavy atom. The molecule has 1 rings (SSSR count). The summed E-state index contributed by atoms with van der Waals surface area (Å²) in [6, 6.07) is 0. The average molecular weight is 174 g/mol. The van der Waals surface area contributed by atoms with E-state index < -0.39 is 0 Å². The minimum absolute atomic E-state index is 0.788. The molecule has 0 fully saturated rings. The lowest BCUT2D eigenvalue weighted by atomic mass is 10.2. The molecular weight excluding hydrogens is 160 g/mol. The van der Waals surface area contributed by atoms with Gasteiger partial charge in [0.1, 0.15) is 11.2 Å². The van der Waals surface area contributed by atoms with Crippen LogP contribution in [0.5, 0.6) is 0 Å². The molecule has 0 radical (unpaired) electrons. The van der Waals surface area contributed by atoms with Crippen LogP contribution < -0.4 is 10.6 Å². The quantitative estimate of drug-likeness (QED) is 0.669. The summed E-state index contributed by atoms with van der Waals surface area (Å²) in [5, 5.41) is 1.09. The summed E-state index contributed by atoms with van der Waals surface area (Å²) in [4.78, 5) is 0. The maximum absolute atomic E-state index is 5.55. The lowest BCUT2D eigenvalue weighted by Crippen LogP contribution is -2.20. The molecule has 0 aliphatic heterocycles. The van der Waals surface area contributed by atoms with Crippen LogP contribution in [0.4, 0.5) is 0 Å². The zero-order chi connectivity index (χ0) is 9.84. The van der Waals surface area contributed by atoms with Gasteiger partial charge in [-0.3, -0.25) is 0 Å². The fourth-order valence-electron chi connectivity index (χ4n) is 1.37. The Balaban J connectivity index is 3.74. The van der Waals surface area contributed by atoms with Crippen LogP contribution in [-0.2, 0) is 0 Å². The molecule has 1 aromatic rings. The summed E-state index contributed by atoms with van der Waals surface area (Å²) < 4.78 is 5.55. The zero-order valence-electron chi connectivity index (χ0n) is 8.13. The van der Waals surface area contributed by atoms with Gasteiger partial charge in [-0.15, -0.1) is 0 Å². The van der Waals surface area contributed by atoms with E-state index >= 15 is 0 Å².